The van der Waals surface area contributed by atoms with Crippen LogP contribution in [0.4, 0.5) is 0 Å². The van der Waals surface area contributed by atoms with Gasteiger partial charge in [-0.25, -0.2) is 4.79 Å². The molecule has 0 aromatic carbocycles. The first-order valence-corrected chi connectivity index (χ1v) is 7.07. The number of aliphatic hydroxyl groups is 1. The van der Waals surface area contributed by atoms with Gasteiger partial charge in [0.1, 0.15) is 12.1 Å². The second-order valence-corrected chi connectivity index (χ2v) is 5.34. The molecular weight excluding hydrogens is 308 g/mol. The number of aliphatic carboxylic acids is 1. The number of nitrogens with two attached hydrogens (primary N) is 1. The molecule has 0 radical (unpaired) electrons. The molecular formula is C13H24N4O6. The molecule has 0 bridgehead atoms. The number of carboxylic acid groups (broad SMARTS) is 1. The number of carbonyl (C=O) groups is 4. The summed E-state index contributed by atoms with van der Waals surface area (Å²) in [6, 6.07) is -2.34. The molecule has 0 saturated heterocycles. The van der Waals surface area contributed by atoms with Gasteiger partial charge in [0.05, 0.1) is 19.2 Å². The summed E-state index contributed by atoms with van der Waals surface area (Å²) in [6.45, 7) is 3.70. The summed E-state index contributed by atoms with van der Waals surface area (Å²) in [5, 5.41) is 25.2. The minimum Gasteiger partial charge on any atom is -0.480 e. The summed E-state index contributed by atoms with van der Waals surface area (Å²) >= 11 is 0. The third kappa shape index (κ3) is 7.56. The van der Waals surface area contributed by atoms with Gasteiger partial charge in [-0.05, 0) is 12.8 Å². The van der Waals surface area contributed by atoms with Crippen LogP contribution in [0.2, 0.25) is 0 Å². The zero-order chi connectivity index (χ0) is 18.2. The first-order chi connectivity index (χ1) is 10.6. The van der Waals surface area contributed by atoms with Crippen LogP contribution in [0, 0.1) is 5.92 Å². The van der Waals surface area contributed by atoms with E-state index in [0.29, 0.717) is 0 Å². The minimum atomic E-state index is -1.26. The number of aliphatic hydroxyl groups excluding tert-OH is 1. The van der Waals surface area contributed by atoms with E-state index < -0.39 is 48.4 Å². The van der Waals surface area contributed by atoms with E-state index in [0.717, 1.165) is 0 Å². The number of hydrogen-bond donors (Lipinski definition) is 6. The summed E-state index contributed by atoms with van der Waals surface area (Å²) < 4.78 is 0. The number of hydrogen-bond acceptors (Lipinski definition) is 6. The molecule has 3 amide bonds. The number of carboxylic acids is 1. The minimum absolute atomic E-state index is 0.332. The van der Waals surface area contributed by atoms with Crippen molar-refractivity contribution in [1.29, 1.82) is 0 Å². The third-order valence-electron chi connectivity index (χ3n) is 2.94. The van der Waals surface area contributed by atoms with Crippen molar-refractivity contribution in [3.05, 3.63) is 0 Å². The predicted molar refractivity (Wildman–Crippen MR) is 80.1 cm³/mol. The molecule has 0 aromatic heterocycles. The fourth-order valence-corrected chi connectivity index (χ4v) is 1.65. The Labute approximate surface area is 133 Å². The SMILES string of the molecule is CC(C)C(NC(=O)CNC(=O)C(NC(=O)CN)C(C)O)C(=O)O. The van der Waals surface area contributed by atoms with Gasteiger partial charge in [-0.3, -0.25) is 14.4 Å². The highest BCUT2D eigenvalue weighted by Gasteiger charge is 2.27. The lowest BCUT2D eigenvalue weighted by Gasteiger charge is -2.21. The van der Waals surface area contributed by atoms with Gasteiger partial charge in [-0.15, -0.1) is 0 Å². The molecule has 0 aliphatic rings. The molecule has 0 spiro atoms. The quantitative estimate of drug-likeness (QED) is 0.264. The molecule has 0 aliphatic heterocycles. The van der Waals surface area contributed by atoms with Crippen molar-refractivity contribution in [3.8, 4) is 0 Å². The van der Waals surface area contributed by atoms with E-state index in [2.05, 4.69) is 16.0 Å². The number of rotatable bonds is 9. The highest BCUT2D eigenvalue weighted by molar-refractivity contribution is 5.92. The average Bonchev–Trinajstić information content (AvgIpc) is 2.46. The number of nitrogens with one attached hydrogen (secondary N) is 3. The van der Waals surface area contributed by atoms with Crippen LogP contribution in [0.3, 0.4) is 0 Å². The molecule has 10 nitrogen and oxygen atoms in total. The van der Waals surface area contributed by atoms with E-state index in [-0.39, 0.29) is 12.5 Å². The van der Waals surface area contributed by atoms with Gasteiger partial charge < -0.3 is 31.9 Å². The van der Waals surface area contributed by atoms with E-state index in [9.17, 15) is 24.3 Å². The summed E-state index contributed by atoms with van der Waals surface area (Å²) in [5.74, 6) is -3.64. The molecule has 0 fully saturated rings. The Morgan fingerprint density at radius 1 is 1.00 bits per heavy atom. The van der Waals surface area contributed by atoms with Crippen molar-refractivity contribution >= 4 is 23.7 Å². The number of carbonyl (C=O) groups excluding carboxylic acids is 3. The smallest absolute Gasteiger partial charge is 0.326 e. The summed E-state index contributed by atoms with van der Waals surface area (Å²) in [6.07, 6.45) is -1.20. The molecule has 0 aromatic rings. The fraction of sp³-hybridized carbons (Fsp3) is 0.692. The van der Waals surface area contributed by atoms with Crippen LogP contribution in [0.1, 0.15) is 20.8 Å². The van der Waals surface area contributed by atoms with Crippen molar-refractivity contribution < 1.29 is 29.4 Å². The van der Waals surface area contributed by atoms with Crippen molar-refractivity contribution in [1.82, 2.24) is 16.0 Å². The molecule has 0 rings (SSSR count). The van der Waals surface area contributed by atoms with Crippen molar-refractivity contribution in [3.63, 3.8) is 0 Å². The van der Waals surface area contributed by atoms with E-state index in [1.54, 1.807) is 13.8 Å². The predicted octanol–water partition coefficient (Wildman–Crippen LogP) is -2.85. The van der Waals surface area contributed by atoms with Gasteiger partial charge in [-0.1, -0.05) is 13.8 Å². The summed E-state index contributed by atoms with van der Waals surface area (Å²) in [4.78, 5) is 45.7. The lowest BCUT2D eigenvalue weighted by Crippen LogP contribution is -2.55. The van der Waals surface area contributed by atoms with Gasteiger partial charge >= 0.3 is 5.97 Å². The maximum Gasteiger partial charge on any atom is 0.326 e. The molecule has 0 heterocycles. The Hall–Kier alpha value is -2.20. The topological polar surface area (TPSA) is 171 Å². The molecule has 23 heavy (non-hydrogen) atoms. The van der Waals surface area contributed by atoms with Gasteiger partial charge in [0, 0.05) is 0 Å². The first-order valence-electron chi connectivity index (χ1n) is 7.07. The molecule has 132 valence electrons. The highest BCUT2D eigenvalue weighted by Crippen LogP contribution is 2.01. The summed E-state index contributed by atoms with van der Waals surface area (Å²) in [5.41, 5.74) is 5.11. The molecule has 10 heteroatoms. The molecule has 0 aliphatic carbocycles. The molecule has 0 saturated carbocycles. The lowest BCUT2D eigenvalue weighted by atomic mass is 10.0. The largest absolute Gasteiger partial charge is 0.480 e. The van der Waals surface area contributed by atoms with E-state index in [4.69, 9.17) is 10.8 Å². The average molecular weight is 332 g/mol. The van der Waals surface area contributed by atoms with Crippen LogP contribution >= 0.6 is 0 Å². The maximum atomic E-state index is 11.9. The lowest BCUT2D eigenvalue weighted by molar-refractivity contribution is -0.143. The van der Waals surface area contributed by atoms with Crippen LogP contribution in [0.25, 0.3) is 0 Å². The second kappa shape index (κ2) is 9.74. The van der Waals surface area contributed by atoms with E-state index in [1.165, 1.54) is 6.92 Å². The van der Waals surface area contributed by atoms with Gasteiger partial charge in [0.2, 0.25) is 17.7 Å². The molecule has 7 N–H and O–H groups in total. The highest BCUT2D eigenvalue weighted by atomic mass is 16.4. The third-order valence-corrected chi connectivity index (χ3v) is 2.94. The zero-order valence-corrected chi connectivity index (χ0v) is 13.3. The normalized spacial score (nSPS) is 14.5. The molecule has 3 atom stereocenters. The van der Waals surface area contributed by atoms with E-state index >= 15 is 0 Å². The van der Waals surface area contributed by atoms with Gasteiger partial charge in [0.25, 0.3) is 0 Å². The van der Waals surface area contributed by atoms with Crippen molar-refractivity contribution in [2.24, 2.45) is 11.7 Å². The first kappa shape index (κ1) is 20.8. The second-order valence-electron chi connectivity index (χ2n) is 5.34. The van der Waals surface area contributed by atoms with Crippen LogP contribution < -0.4 is 21.7 Å². The van der Waals surface area contributed by atoms with Crippen molar-refractivity contribution in [2.75, 3.05) is 13.1 Å². The maximum absolute atomic E-state index is 11.9. The zero-order valence-electron chi connectivity index (χ0n) is 13.3. The Morgan fingerprint density at radius 3 is 1.91 bits per heavy atom. The number of amides is 3. The van der Waals surface area contributed by atoms with Crippen LogP contribution in [-0.2, 0) is 19.2 Å². The van der Waals surface area contributed by atoms with Crippen molar-refractivity contribution in [2.45, 2.75) is 39.0 Å². The Bertz CT molecular complexity index is 452. The van der Waals surface area contributed by atoms with Gasteiger partial charge in [0.15, 0.2) is 0 Å². The van der Waals surface area contributed by atoms with Crippen LogP contribution in [0.15, 0.2) is 0 Å². The standard InChI is InChI=1S/C13H24N4O6/c1-6(2)10(13(22)23)17-9(20)5-15-12(21)11(7(3)18)16-8(19)4-14/h6-7,10-11,18H,4-5,14H2,1-3H3,(H,15,21)(H,16,19)(H,17,20)(H,22,23). The monoisotopic (exact) mass is 332 g/mol. The Morgan fingerprint density at radius 2 is 1.52 bits per heavy atom. The van der Waals surface area contributed by atoms with Crippen LogP contribution in [0.5, 0.6) is 0 Å². The summed E-state index contributed by atoms with van der Waals surface area (Å²) in [7, 11) is 0. The Balaban J connectivity index is 4.57. The fourth-order valence-electron chi connectivity index (χ4n) is 1.65. The Kier molecular flexibility index (Phi) is 8.81. The van der Waals surface area contributed by atoms with Crippen LogP contribution in [-0.4, -0.2) is 65.2 Å². The van der Waals surface area contributed by atoms with Gasteiger partial charge in [-0.2, -0.15) is 0 Å². The van der Waals surface area contributed by atoms with E-state index in [1.807, 2.05) is 0 Å². The molecule has 3 unspecified atom stereocenters.